The Morgan fingerprint density at radius 1 is 1.00 bits per heavy atom. The van der Waals surface area contributed by atoms with Gasteiger partial charge in [0.25, 0.3) is 0 Å². The molecule has 0 spiro atoms. The SMILES string of the molecule is O=C(O)c1cn([C@@H](CO)c2ccccc2)cc(Oc2ccccc2)c1=O. The second kappa shape index (κ2) is 7.67. The molecule has 3 aromatic rings. The third kappa shape index (κ3) is 3.65. The normalized spacial score (nSPS) is 11.7. The van der Waals surface area contributed by atoms with Gasteiger partial charge in [0.05, 0.1) is 18.8 Å². The van der Waals surface area contributed by atoms with Crippen molar-refractivity contribution >= 4 is 5.97 Å². The van der Waals surface area contributed by atoms with Crippen LogP contribution in [0.15, 0.2) is 77.9 Å². The van der Waals surface area contributed by atoms with E-state index in [1.165, 1.54) is 17.0 Å². The summed E-state index contributed by atoms with van der Waals surface area (Å²) in [4.78, 5) is 23.9. The van der Waals surface area contributed by atoms with Crippen LogP contribution < -0.4 is 10.2 Å². The van der Waals surface area contributed by atoms with Crippen LogP contribution in [0.2, 0.25) is 0 Å². The highest BCUT2D eigenvalue weighted by atomic mass is 16.5. The Kier molecular flexibility index (Phi) is 5.15. The van der Waals surface area contributed by atoms with Gasteiger partial charge in [0, 0.05) is 6.20 Å². The molecule has 2 N–H and O–H groups in total. The van der Waals surface area contributed by atoms with Crippen molar-refractivity contribution in [2.45, 2.75) is 6.04 Å². The fraction of sp³-hybridized carbons (Fsp3) is 0.100. The molecule has 132 valence electrons. The van der Waals surface area contributed by atoms with E-state index in [-0.39, 0.29) is 12.4 Å². The van der Waals surface area contributed by atoms with Gasteiger partial charge in [-0.3, -0.25) is 4.79 Å². The van der Waals surface area contributed by atoms with Crippen LogP contribution in [0.25, 0.3) is 0 Å². The molecular weight excluding hydrogens is 334 g/mol. The lowest BCUT2D eigenvalue weighted by Gasteiger charge is -2.20. The Bertz CT molecular complexity index is 951. The molecule has 1 aromatic heterocycles. The molecule has 0 fully saturated rings. The van der Waals surface area contributed by atoms with Gasteiger partial charge < -0.3 is 19.5 Å². The zero-order chi connectivity index (χ0) is 18.5. The first-order valence-corrected chi connectivity index (χ1v) is 7.98. The third-order valence-corrected chi connectivity index (χ3v) is 3.93. The highest BCUT2D eigenvalue weighted by Crippen LogP contribution is 2.23. The number of hydrogen-bond donors (Lipinski definition) is 2. The lowest BCUT2D eigenvalue weighted by Crippen LogP contribution is -2.23. The van der Waals surface area contributed by atoms with Crippen LogP contribution in [0.1, 0.15) is 22.0 Å². The van der Waals surface area contributed by atoms with E-state index in [9.17, 15) is 19.8 Å². The number of pyridine rings is 1. The number of carboxylic acids is 1. The monoisotopic (exact) mass is 351 g/mol. The molecule has 0 bridgehead atoms. The van der Waals surface area contributed by atoms with Gasteiger partial charge >= 0.3 is 5.97 Å². The van der Waals surface area contributed by atoms with Crippen LogP contribution >= 0.6 is 0 Å². The van der Waals surface area contributed by atoms with E-state index in [0.29, 0.717) is 5.75 Å². The van der Waals surface area contributed by atoms with Crippen LogP contribution in [0.5, 0.6) is 11.5 Å². The largest absolute Gasteiger partial charge is 0.477 e. The molecule has 6 heteroatoms. The molecule has 0 aliphatic heterocycles. The van der Waals surface area contributed by atoms with Gasteiger partial charge in [0.15, 0.2) is 5.75 Å². The summed E-state index contributed by atoms with van der Waals surface area (Å²) < 4.78 is 7.08. The van der Waals surface area contributed by atoms with Crippen molar-refractivity contribution in [3.63, 3.8) is 0 Å². The summed E-state index contributed by atoms with van der Waals surface area (Å²) in [6.45, 7) is -0.267. The number of para-hydroxylation sites is 1. The van der Waals surface area contributed by atoms with Gasteiger partial charge in [-0.15, -0.1) is 0 Å². The summed E-state index contributed by atoms with van der Waals surface area (Å²) >= 11 is 0. The van der Waals surface area contributed by atoms with Gasteiger partial charge in [0.2, 0.25) is 5.43 Å². The fourth-order valence-corrected chi connectivity index (χ4v) is 2.64. The van der Waals surface area contributed by atoms with E-state index in [0.717, 1.165) is 5.56 Å². The highest BCUT2D eigenvalue weighted by molar-refractivity contribution is 5.87. The van der Waals surface area contributed by atoms with Crippen molar-refractivity contribution in [1.29, 1.82) is 0 Å². The molecule has 1 atom stereocenters. The number of carbonyl (C=O) groups is 1. The van der Waals surface area contributed by atoms with E-state index in [2.05, 4.69) is 0 Å². The molecule has 3 rings (SSSR count). The van der Waals surface area contributed by atoms with E-state index < -0.39 is 23.0 Å². The number of hydrogen-bond acceptors (Lipinski definition) is 4. The summed E-state index contributed by atoms with van der Waals surface area (Å²) in [5.74, 6) is -1.06. The second-order valence-electron chi connectivity index (χ2n) is 5.64. The van der Waals surface area contributed by atoms with Crippen molar-refractivity contribution in [3.05, 3.63) is 94.4 Å². The molecule has 0 aliphatic rings. The predicted molar refractivity (Wildman–Crippen MR) is 95.8 cm³/mol. The lowest BCUT2D eigenvalue weighted by molar-refractivity contribution is 0.0693. The minimum atomic E-state index is -1.35. The molecule has 26 heavy (non-hydrogen) atoms. The number of aromatic nitrogens is 1. The first-order chi connectivity index (χ1) is 12.6. The van der Waals surface area contributed by atoms with Crippen LogP contribution in [-0.2, 0) is 0 Å². The zero-order valence-corrected chi connectivity index (χ0v) is 13.8. The van der Waals surface area contributed by atoms with Gasteiger partial charge in [-0.1, -0.05) is 48.5 Å². The maximum absolute atomic E-state index is 12.4. The summed E-state index contributed by atoms with van der Waals surface area (Å²) in [7, 11) is 0. The van der Waals surface area contributed by atoms with E-state index in [4.69, 9.17) is 4.74 Å². The fourth-order valence-electron chi connectivity index (χ4n) is 2.64. The number of rotatable bonds is 6. The number of aliphatic hydroxyl groups excluding tert-OH is 1. The lowest BCUT2D eigenvalue weighted by atomic mass is 10.1. The first kappa shape index (κ1) is 17.4. The van der Waals surface area contributed by atoms with E-state index >= 15 is 0 Å². The van der Waals surface area contributed by atoms with Gasteiger partial charge in [-0.05, 0) is 17.7 Å². The third-order valence-electron chi connectivity index (χ3n) is 3.93. The van der Waals surface area contributed by atoms with Crippen LogP contribution in [0, 0.1) is 0 Å². The number of carboxylic acid groups (broad SMARTS) is 1. The summed E-state index contributed by atoms with van der Waals surface area (Å²) in [6, 6.07) is 17.2. The average molecular weight is 351 g/mol. The standard InChI is InChI=1S/C20H17NO5/c22-13-17(14-7-3-1-4-8-14)21-11-16(20(24)25)19(23)18(12-21)26-15-9-5-2-6-10-15/h1-12,17,22H,13H2,(H,24,25)/t17-/m0/s1. The topological polar surface area (TPSA) is 88.8 Å². The number of aliphatic hydroxyl groups is 1. The minimum absolute atomic E-state index is 0.120. The van der Waals surface area contributed by atoms with Crippen molar-refractivity contribution in [2.75, 3.05) is 6.61 Å². The van der Waals surface area contributed by atoms with Crippen LogP contribution in [0.3, 0.4) is 0 Å². The molecule has 1 heterocycles. The number of nitrogens with zero attached hydrogens (tertiary/aromatic N) is 1. The highest BCUT2D eigenvalue weighted by Gasteiger charge is 2.20. The Labute approximate surface area is 149 Å². The maximum atomic E-state index is 12.4. The minimum Gasteiger partial charge on any atom is -0.477 e. The second-order valence-corrected chi connectivity index (χ2v) is 5.64. The summed E-state index contributed by atoms with van der Waals surface area (Å²) in [5.41, 5.74) is -0.365. The molecule has 0 amide bonds. The summed E-state index contributed by atoms with van der Waals surface area (Å²) in [6.07, 6.45) is 2.63. The molecule has 6 nitrogen and oxygen atoms in total. The number of aromatic carboxylic acids is 1. The number of ether oxygens (including phenoxy) is 1. The predicted octanol–water partition coefficient (Wildman–Crippen LogP) is 2.92. The number of benzene rings is 2. The quantitative estimate of drug-likeness (QED) is 0.713. The molecular formula is C20H17NO5. The van der Waals surface area contributed by atoms with Crippen molar-refractivity contribution in [3.8, 4) is 11.5 Å². The molecule has 0 aliphatic carbocycles. The maximum Gasteiger partial charge on any atom is 0.341 e. The smallest absolute Gasteiger partial charge is 0.341 e. The zero-order valence-electron chi connectivity index (χ0n) is 13.8. The van der Waals surface area contributed by atoms with Crippen molar-refractivity contribution in [2.24, 2.45) is 0 Å². The van der Waals surface area contributed by atoms with E-state index in [1.807, 2.05) is 30.3 Å². The Hall–Kier alpha value is -3.38. The van der Waals surface area contributed by atoms with Crippen LogP contribution in [-0.4, -0.2) is 27.4 Å². The Morgan fingerprint density at radius 3 is 2.19 bits per heavy atom. The molecule has 2 aromatic carbocycles. The van der Waals surface area contributed by atoms with Gasteiger partial charge in [-0.2, -0.15) is 0 Å². The van der Waals surface area contributed by atoms with Gasteiger partial charge in [0.1, 0.15) is 11.3 Å². The average Bonchev–Trinajstić information content (AvgIpc) is 2.66. The molecule has 0 unspecified atom stereocenters. The molecule has 0 radical (unpaired) electrons. The van der Waals surface area contributed by atoms with Gasteiger partial charge in [-0.25, -0.2) is 4.79 Å². The molecule has 0 saturated heterocycles. The van der Waals surface area contributed by atoms with Crippen LogP contribution in [0.4, 0.5) is 0 Å². The first-order valence-electron chi connectivity index (χ1n) is 7.98. The van der Waals surface area contributed by atoms with Crippen molar-refractivity contribution in [1.82, 2.24) is 4.57 Å². The Morgan fingerprint density at radius 2 is 1.62 bits per heavy atom. The molecule has 0 saturated carbocycles. The van der Waals surface area contributed by atoms with Crippen molar-refractivity contribution < 1.29 is 19.7 Å². The van der Waals surface area contributed by atoms with E-state index in [1.54, 1.807) is 30.3 Å². The Balaban J connectivity index is 2.10. The summed E-state index contributed by atoms with van der Waals surface area (Å²) in [5, 5.41) is 19.2.